The fraction of sp³-hybridized carbons (Fsp3) is 0.304. The van der Waals surface area contributed by atoms with Crippen LogP contribution in [0.4, 0.5) is 5.69 Å². The second kappa shape index (κ2) is 9.63. The van der Waals surface area contributed by atoms with E-state index in [1.165, 1.54) is 38.2 Å². The summed E-state index contributed by atoms with van der Waals surface area (Å²) in [7, 11) is -2.61. The van der Waals surface area contributed by atoms with Crippen LogP contribution in [-0.4, -0.2) is 48.1 Å². The molecule has 1 N–H and O–H groups in total. The summed E-state index contributed by atoms with van der Waals surface area (Å²) in [6.07, 6.45) is 0. The molecule has 0 spiro atoms. The molecular formula is C23H26N4O5S. The number of likely N-dealkylation sites (N-methyl/N-ethyl adjacent to an activating group) is 1. The summed E-state index contributed by atoms with van der Waals surface area (Å²) in [5, 5.41) is 6.74. The molecule has 174 valence electrons. The molecule has 1 heterocycles. The maximum absolute atomic E-state index is 12.9. The second-order valence-electron chi connectivity index (χ2n) is 8.00. The minimum atomic E-state index is -3.93. The average molecular weight is 471 g/mol. The number of Topliss-reactive ketones (excluding diaryl/α,β-unsaturated/α-hetero) is 1. The number of hydrogen-bond donors (Lipinski definition) is 1. The number of carbonyl (C=O) groups excluding carboxylic acids is 2. The Morgan fingerprint density at radius 2 is 1.79 bits per heavy atom. The van der Waals surface area contributed by atoms with Gasteiger partial charge in [0.25, 0.3) is 5.89 Å². The van der Waals surface area contributed by atoms with Crippen LogP contribution in [0, 0.1) is 6.92 Å². The summed E-state index contributed by atoms with van der Waals surface area (Å²) >= 11 is 0. The van der Waals surface area contributed by atoms with Gasteiger partial charge in [-0.3, -0.25) is 9.59 Å². The number of aryl methyl sites for hydroxylation is 1. The van der Waals surface area contributed by atoms with E-state index in [1.807, 2.05) is 26.8 Å². The van der Waals surface area contributed by atoms with Crippen LogP contribution in [0.1, 0.15) is 48.4 Å². The Morgan fingerprint density at radius 3 is 2.36 bits per heavy atom. The molecule has 3 aromatic rings. The third kappa shape index (κ3) is 5.35. The highest BCUT2D eigenvalue weighted by Gasteiger charge is 2.24. The fourth-order valence-electron chi connectivity index (χ4n) is 3.10. The maximum Gasteiger partial charge on any atom is 0.260 e. The van der Waals surface area contributed by atoms with E-state index >= 15 is 0 Å². The number of nitrogens with zero attached hydrogens (tertiary/aromatic N) is 3. The molecule has 0 bridgehead atoms. The monoisotopic (exact) mass is 470 g/mol. The van der Waals surface area contributed by atoms with Crippen molar-refractivity contribution in [2.24, 2.45) is 0 Å². The largest absolute Gasteiger partial charge is 0.334 e. The maximum atomic E-state index is 12.9. The summed E-state index contributed by atoms with van der Waals surface area (Å²) in [6.45, 7) is 6.69. The first-order valence-electron chi connectivity index (χ1n) is 10.3. The quantitative estimate of drug-likeness (QED) is 0.499. The van der Waals surface area contributed by atoms with E-state index < -0.39 is 22.5 Å². The number of amides is 1. The van der Waals surface area contributed by atoms with Crippen molar-refractivity contribution < 1.29 is 22.5 Å². The van der Waals surface area contributed by atoms with Gasteiger partial charge in [0.15, 0.2) is 11.6 Å². The number of carbonyl (C=O) groups is 2. The first-order valence-corrected chi connectivity index (χ1v) is 11.8. The number of sulfonamides is 1. The fourth-order valence-corrected chi connectivity index (χ4v) is 4.23. The van der Waals surface area contributed by atoms with Crippen molar-refractivity contribution in [3.05, 3.63) is 59.4 Å². The minimum Gasteiger partial charge on any atom is -0.334 e. The molecule has 9 nitrogen and oxygen atoms in total. The molecule has 2 aromatic carbocycles. The molecular weight excluding hydrogens is 444 g/mol. The SMILES string of the molecule is CC(=O)c1ccc(S(=O)(=O)N(C)CC(=O)Nc2c(C)cccc2-c2nc(C(C)C)no2)cc1. The highest BCUT2D eigenvalue weighted by molar-refractivity contribution is 7.89. The number of para-hydroxylation sites is 1. The highest BCUT2D eigenvalue weighted by atomic mass is 32.2. The van der Waals surface area contributed by atoms with Gasteiger partial charge in [-0.2, -0.15) is 9.29 Å². The van der Waals surface area contributed by atoms with Crippen LogP contribution in [0.25, 0.3) is 11.5 Å². The van der Waals surface area contributed by atoms with Gasteiger partial charge in [0.2, 0.25) is 15.9 Å². The van der Waals surface area contributed by atoms with E-state index in [0.717, 1.165) is 9.87 Å². The van der Waals surface area contributed by atoms with Crippen molar-refractivity contribution in [3.63, 3.8) is 0 Å². The lowest BCUT2D eigenvalue weighted by Gasteiger charge is -2.18. The molecule has 10 heteroatoms. The summed E-state index contributed by atoms with van der Waals surface area (Å²) in [5.41, 5.74) is 2.18. The molecule has 1 amide bonds. The van der Waals surface area contributed by atoms with E-state index in [9.17, 15) is 18.0 Å². The van der Waals surface area contributed by atoms with Crippen LogP contribution < -0.4 is 5.32 Å². The zero-order chi connectivity index (χ0) is 24.3. The summed E-state index contributed by atoms with van der Waals surface area (Å²) in [6, 6.07) is 11.0. The van der Waals surface area contributed by atoms with Crippen molar-refractivity contribution in [3.8, 4) is 11.5 Å². The van der Waals surface area contributed by atoms with Crippen LogP contribution >= 0.6 is 0 Å². The van der Waals surface area contributed by atoms with Gasteiger partial charge in [-0.1, -0.05) is 43.3 Å². The Bertz CT molecular complexity index is 1280. The standard InChI is InChI=1S/C23H26N4O5S/c1-14(2)22-25-23(32-26-22)19-8-6-7-15(3)21(19)24-20(29)13-27(5)33(30,31)18-11-9-17(10-12-18)16(4)28/h6-12,14H,13H2,1-5H3,(H,24,29). The van der Waals surface area contributed by atoms with Crippen molar-refractivity contribution in [2.75, 3.05) is 18.9 Å². The smallest absolute Gasteiger partial charge is 0.260 e. The van der Waals surface area contributed by atoms with E-state index in [2.05, 4.69) is 15.5 Å². The molecule has 1 aromatic heterocycles. The molecule has 33 heavy (non-hydrogen) atoms. The van der Waals surface area contributed by atoms with Gasteiger partial charge in [-0.25, -0.2) is 8.42 Å². The van der Waals surface area contributed by atoms with Gasteiger partial charge in [0, 0.05) is 18.5 Å². The minimum absolute atomic E-state index is 0.00791. The molecule has 0 aliphatic carbocycles. The predicted octanol–water partition coefficient (Wildman–Crippen LogP) is 3.63. The molecule has 0 aliphatic heterocycles. The summed E-state index contributed by atoms with van der Waals surface area (Å²) in [4.78, 5) is 28.6. The lowest BCUT2D eigenvalue weighted by molar-refractivity contribution is -0.116. The number of benzene rings is 2. The zero-order valence-electron chi connectivity index (χ0n) is 19.1. The Hall–Kier alpha value is -3.37. The third-order valence-electron chi connectivity index (χ3n) is 5.06. The molecule has 0 saturated carbocycles. The molecule has 0 atom stereocenters. The normalized spacial score (nSPS) is 11.7. The van der Waals surface area contributed by atoms with Gasteiger partial charge >= 0.3 is 0 Å². The van der Waals surface area contributed by atoms with Gasteiger partial charge in [-0.15, -0.1) is 0 Å². The molecule has 3 rings (SSSR count). The van der Waals surface area contributed by atoms with E-state index in [0.29, 0.717) is 22.6 Å². The average Bonchev–Trinajstić information content (AvgIpc) is 3.25. The Balaban J connectivity index is 1.79. The Labute approximate surface area is 192 Å². The van der Waals surface area contributed by atoms with Crippen LogP contribution in [0.5, 0.6) is 0 Å². The number of nitrogens with one attached hydrogen (secondary N) is 1. The predicted molar refractivity (Wildman–Crippen MR) is 123 cm³/mol. The summed E-state index contributed by atoms with van der Waals surface area (Å²) in [5.74, 6) is 0.200. The molecule has 0 radical (unpaired) electrons. The van der Waals surface area contributed by atoms with E-state index in [-0.39, 0.29) is 22.5 Å². The lowest BCUT2D eigenvalue weighted by Crippen LogP contribution is -2.35. The molecule has 0 unspecified atom stereocenters. The highest BCUT2D eigenvalue weighted by Crippen LogP contribution is 2.30. The van der Waals surface area contributed by atoms with Crippen LogP contribution in [0.2, 0.25) is 0 Å². The molecule has 0 fully saturated rings. The van der Waals surface area contributed by atoms with Gasteiger partial charge in [-0.05, 0) is 37.6 Å². The van der Waals surface area contributed by atoms with Gasteiger partial charge < -0.3 is 9.84 Å². The third-order valence-corrected chi connectivity index (χ3v) is 6.88. The van der Waals surface area contributed by atoms with Crippen LogP contribution in [-0.2, 0) is 14.8 Å². The first-order chi connectivity index (χ1) is 15.5. The first kappa shape index (κ1) is 24.3. The second-order valence-corrected chi connectivity index (χ2v) is 10.0. The number of ketones is 1. The topological polar surface area (TPSA) is 122 Å². The van der Waals surface area contributed by atoms with Crippen molar-refractivity contribution in [2.45, 2.75) is 38.5 Å². The van der Waals surface area contributed by atoms with Crippen molar-refractivity contribution >= 4 is 27.4 Å². The Kier molecular flexibility index (Phi) is 7.09. The number of aromatic nitrogens is 2. The number of anilines is 1. The summed E-state index contributed by atoms with van der Waals surface area (Å²) < 4.78 is 32.0. The van der Waals surface area contributed by atoms with Crippen molar-refractivity contribution in [1.82, 2.24) is 14.4 Å². The zero-order valence-corrected chi connectivity index (χ0v) is 19.9. The van der Waals surface area contributed by atoms with Gasteiger partial charge in [0.1, 0.15) is 0 Å². The number of rotatable bonds is 8. The lowest BCUT2D eigenvalue weighted by atomic mass is 10.1. The number of hydrogen-bond acceptors (Lipinski definition) is 7. The van der Waals surface area contributed by atoms with Crippen LogP contribution in [0.15, 0.2) is 51.9 Å². The van der Waals surface area contributed by atoms with Gasteiger partial charge in [0.05, 0.1) is 22.7 Å². The Morgan fingerprint density at radius 1 is 1.12 bits per heavy atom. The van der Waals surface area contributed by atoms with Crippen molar-refractivity contribution in [1.29, 1.82) is 0 Å². The molecule has 0 saturated heterocycles. The van der Waals surface area contributed by atoms with E-state index in [1.54, 1.807) is 12.1 Å². The van der Waals surface area contributed by atoms with E-state index in [4.69, 9.17) is 4.52 Å². The van der Waals surface area contributed by atoms with Crippen LogP contribution in [0.3, 0.4) is 0 Å². The molecule has 0 aliphatic rings.